The number of carbonyl (C=O) groups excluding carboxylic acids is 2. The zero-order valence-corrected chi connectivity index (χ0v) is 20.1. The van der Waals surface area contributed by atoms with Gasteiger partial charge in [-0.05, 0) is 24.1 Å². The van der Waals surface area contributed by atoms with E-state index in [4.69, 9.17) is 5.73 Å². The Balaban J connectivity index is 1.48. The summed E-state index contributed by atoms with van der Waals surface area (Å²) in [4.78, 5) is 62.1. The van der Waals surface area contributed by atoms with Crippen molar-refractivity contribution in [3.05, 3.63) is 61.8 Å². The number of carbonyl (C=O) groups is 3. The van der Waals surface area contributed by atoms with Crippen molar-refractivity contribution in [3.63, 3.8) is 0 Å². The van der Waals surface area contributed by atoms with E-state index in [9.17, 15) is 29.1 Å². The number of amides is 2. The number of nitrogens with one attached hydrogen (secondary N) is 2. The van der Waals surface area contributed by atoms with E-state index in [1.165, 1.54) is 21.2 Å². The molecule has 14 heteroatoms. The summed E-state index contributed by atoms with van der Waals surface area (Å²) in [5.74, 6) is -1.70. The number of hydrogen-bond acceptors (Lipinski definition) is 9. The van der Waals surface area contributed by atoms with Gasteiger partial charge in [0, 0.05) is 23.7 Å². The average Bonchev–Trinajstić information content (AvgIpc) is 2.83. The third-order valence-corrected chi connectivity index (χ3v) is 7.99. The second-order valence-corrected chi connectivity index (χ2v) is 9.81. The Bertz CT molecular complexity index is 1350. The first-order valence-corrected chi connectivity index (χ1v) is 12.6. The van der Waals surface area contributed by atoms with E-state index in [2.05, 4.69) is 15.5 Å². The zero-order chi connectivity index (χ0) is 25.3. The number of fused-ring (bicyclic) bond motifs is 1. The van der Waals surface area contributed by atoms with Crippen LogP contribution in [0, 0.1) is 0 Å². The highest BCUT2D eigenvalue weighted by molar-refractivity contribution is 8.01. The number of benzene rings is 1. The van der Waals surface area contributed by atoms with E-state index in [1.54, 1.807) is 31.2 Å². The number of anilines is 1. The molecule has 0 saturated carbocycles. The van der Waals surface area contributed by atoms with Crippen LogP contribution < -0.4 is 22.2 Å². The number of H-pyrrole nitrogens is 1. The number of aromatic amines is 1. The summed E-state index contributed by atoms with van der Waals surface area (Å²) >= 11 is 2.43. The van der Waals surface area contributed by atoms with Crippen molar-refractivity contribution in [2.75, 3.05) is 17.2 Å². The highest BCUT2D eigenvalue weighted by Gasteiger charge is 2.54. The van der Waals surface area contributed by atoms with E-state index in [0.717, 1.165) is 11.8 Å². The Morgan fingerprint density at radius 2 is 2.06 bits per heavy atom. The van der Waals surface area contributed by atoms with Gasteiger partial charge in [0.15, 0.2) is 5.16 Å². The predicted molar refractivity (Wildman–Crippen MR) is 130 cm³/mol. The molecule has 3 heterocycles. The molecule has 5 N–H and O–H groups in total. The van der Waals surface area contributed by atoms with E-state index < -0.39 is 34.4 Å². The van der Waals surface area contributed by atoms with Gasteiger partial charge < -0.3 is 16.2 Å². The largest absolute Gasteiger partial charge is 0.477 e. The van der Waals surface area contributed by atoms with Crippen molar-refractivity contribution in [3.8, 4) is 0 Å². The first-order chi connectivity index (χ1) is 16.7. The Hall–Kier alpha value is -3.52. The number of nitrogens with two attached hydrogens (primary N) is 1. The fourth-order valence-corrected chi connectivity index (χ4v) is 6.34. The van der Waals surface area contributed by atoms with Crippen LogP contribution in [0.25, 0.3) is 0 Å². The number of nitrogens with zero attached hydrogens (tertiary/aromatic N) is 3. The number of rotatable bonds is 8. The molecule has 0 aliphatic carbocycles. The molecular weight excluding hydrogens is 496 g/mol. The topological polar surface area (TPSA) is 180 Å². The summed E-state index contributed by atoms with van der Waals surface area (Å²) in [6.07, 6.45) is 0.00263. The normalized spacial score (nSPS) is 19.2. The smallest absolute Gasteiger partial charge is 0.352 e. The number of aromatic nitrogens is 3. The Morgan fingerprint density at radius 1 is 1.31 bits per heavy atom. The molecule has 1 aromatic carbocycles. The van der Waals surface area contributed by atoms with E-state index >= 15 is 0 Å². The van der Waals surface area contributed by atoms with Crippen molar-refractivity contribution in [1.82, 2.24) is 25.0 Å². The molecular formula is C21H22N6O6S2. The van der Waals surface area contributed by atoms with Crippen LogP contribution in [0.15, 0.2) is 50.3 Å². The van der Waals surface area contributed by atoms with Gasteiger partial charge in [0.1, 0.15) is 17.1 Å². The molecule has 35 heavy (non-hydrogen) atoms. The summed E-state index contributed by atoms with van der Waals surface area (Å²) < 4.78 is 1.20. The van der Waals surface area contributed by atoms with Crippen LogP contribution >= 0.6 is 23.5 Å². The molecule has 2 aliphatic heterocycles. The van der Waals surface area contributed by atoms with E-state index in [1.807, 2.05) is 0 Å². The van der Waals surface area contributed by atoms with E-state index in [0.29, 0.717) is 22.6 Å². The van der Waals surface area contributed by atoms with Crippen LogP contribution in [0.2, 0.25) is 0 Å². The van der Waals surface area contributed by atoms with Crippen molar-refractivity contribution in [1.29, 1.82) is 0 Å². The van der Waals surface area contributed by atoms with Crippen molar-refractivity contribution in [2.45, 2.75) is 36.5 Å². The summed E-state index contributed by atoms with van der Waals surface area (Å²) in [5, 5.41) is 18.2. The monoisotopic (exact) mass is 518 g/mol. The molecule has 2 amide bonds. The predicted octanol–water partition coefficient (Wildman–Crippen LogP) is -0.393. The lowest BCUT2D eigenvalue weighted by molar-refractivity contribution is -0.150. The fraction of sp³-hybridized carbons (Fsp3) is 0.333. The van der Waals surface area contributed by atoms with Crippen LogP contribution in [0.4, 0.5) is 5.69 Å². The number of β-lactam (4-membered cyclic amide) rings is 1. The zero-order valence-electron chi connectivity index (χ0n) is 18.5. The molecule has 2 aliphatic rings. The molecule has 0 bridgehead atoms. The van der Waals surface area contributed by atoms with Gasteiger partial charge in [0.25, 0.3) is 5.91 Å². The Kier molecular flexibility index (Phi) is 7.03. The van der Waals surface area contributed by atoms with Gasteiger partial charge in [-0.1, -0.05) is 30.0 Å². The second-order valence-electron chi connectivity index (χ2n) is 7.76. The molecule has 1 aromatic heterocycles. The highest BCUT2D eigenvalue weighted by Crippen LogP contribution is 2.41. The molecule has 2 atom stereocenters. The SMILES string of the molecule is CCn1c(SCC2=C(C(=O)O)N3C(=O)C(NC(=O)Cc4ccccc4N)C3SC2)n[nH]c(=O)c1=O. The van der Waals surface area contributed by atoms with Crippen LogP contribution in [-0.2, 0) is 27.3 Å². The van der Waals surface area contributed by atoms with Gasteiger partial charge in [-0.2, -0.15) is 0 Å². The minimum Gasteiger partial charge on any atom is -0.477 e. The van der Waals surface area contributed by atoms with E-state index in [-0.39, 0.29) is 35.5 Å². The van der Waals surface area contributed by atoms with Crippen LogP contribution in [0.1, 0.15) is 12.5 Å². The highest BCUT2D eigenvalue weighted by atomic mass is 32.2. The summed E-state index contributed by atoms with van der Waals surface area (Å²) in [5.41, 5.74) is 5.73. The minimum absolute atomic E-state index is 0.00263. The first-order valence-electron chi connectivity index (χ1n) is 10.6. The number of hydrogen-bond donors (Lipinski definition) is 4. The molecule has 184 valence electrons. The van der Waals surface area contributed by atoms with Gasteiger partial charge in [-0.3, -0.25) is 28.6 Å². The molecule has 0 radical (unpaired) electrons. The summed E-state index contributed by atoms with van der Waals surface area (Å²) in [6, 6.07) is 6.09. The minimum atomic E-state index is -1.26. The number of thioether (sulfide) groups is 2. The molecule has 1 saturated heterocycles. The number of nitrogen functional groups attached to an aromatic ring is 1. The first kappa shape index (κ1) is 24.6. The van der Waals surface area contributed by atoms with Gasteiger partial charge in [0.05, 0.1) is 6.42 Å². The maximum Gasteiger partial charge on any atom is 0.352 e. The molecule has 2 aromatic rings. The molecule has 4 rings (SSSR count). The number of aliphatic carboxylic acids is 1. The average molecular weight is 519 g/mol. The van der Waals surface area contributed by atoms with Crippen molar-refractivity contribution < 1.29 is 19.5 Å². The lowest BCUT2D eigenvalue weighted by atomic mass is 10.0. The quantitative estimate of drug-likeness (QED) is 0.155. The third kappa shape index (κ3) is 4.71. The maximum atomic E-state index is 12.8. The standard InChI is InChI=1S/C21H22N6O6S2/c1-2-26-18(31)16(29)24-25-21(26)35-9-11-8-34-19-14(17(30)27(19)15(11)20(32)33)23-13(28)7-10-5-3-4-6-12(10)22/h3-6,14,19H,2,7-9,22H2,1H3,(H,23,28)(H,24,29)(H,32,33). The lowest BCUT2D eigenvalue weighted by Gasteiger charge is -2.49. The molecule has 12 nitrogen and oxygen atoms in total. The molecule has 2 unspecified atom stereocenters. The number of para-hydroxylation sites is 1. The Morgan fingerprint density at radius 3 is 2.74 bits per heavy atom. The number of carboxylic acids is 1. The molecule has 0 spiro atoms. The number of carboxylic acid groups (broad SMARTS) is 1. The van der Waals surface area contributed by atoms with Gasteiger partial charge in [-0.15, -0.1) is 16.9 Å². The van der Waals surface area contributed by atoms with Gasteiger partial charge in [0.2, 0.25) is 5.91 Å². The molecule has 1 fully saturated rings. The summed E-state index contributed by atoms with van der Waals surface area (Å²) in [7, 11) is 0. The maximum absolute atomic E-state index is 12.8. The van der Waals surface area contributed by atoms with Crippen LogP contribution in [0.5, 0.6) is 0 Å². The van der Waals surface area contributed by atoms with Crippen LogP contribution in [0.3, 0.4) is 0 Å². The van der Waals surface area contributed by atoms with Gasteiger partial charge in [-0.25, -0.2) is 9.89 Å². The summed E-state index contributed by atoms with van der Waals surface area (Å²) in [6.45, 7) is 1.91. The third-order valence-electron chi connectivity index (χ3n) is 5.59. The fourth-order valence-electron chi connectivity index (χ4n) is 3.84. The second kappa shape index (κ2) is 10.00. The Labute approximate surface area is 207 Å². The lowest BCUT2D eigenvalue weighted by Crippen LogP contribution is -2.70. The van der Waals surface area contributed by atoms with Crippen LogP contribution in [-0.4, -0.2) is 65.5 Å². The van der Waals surface area contributed by atoms with Crippen molar-refractivity contribution in [2.24, 2.45) is 0 Å². The van der Waals surface area contributed by atoms with Gasteiger partial charge >= 0.3 is 17.1 Å². The van der Waals surface area contributed by atoms with Crippen molar-refractivity contribution >= 4 is 47.0 Å².